The lowest BCUT2D eigenvalue weighted by Gasteiger charge is -2.04. The maximum absolute atomic E-state index is 10.3. The molecule has 0 spiro atoms. The second kappa shape index (κ2) is 14.8. The van der Waals surface area contributed by atoms with Gasteiger partial charge in [0.2, 0.25) is 0 Å². The van der Waals surface area contributed by atoms with Crippen molar-refractivity contribution in [3.05, 3.63) is 0 Å². The number of aliphatic hydroxyl groups excluding tert-OH is 1. The molecule has 0 radical (unpaired) electrons. The van der Waals surface area contributed by atoms with Crippen LogP contribution < -0.4 is 0 Å². The fraction of sp³-hybridized carbons (Fsp3) is 0.938. The number of unbranched alkanes of at least 4 members (excludes halogenated alkanes) is 11. The van der Waals surface area contributed by atoms with E-state index in [-0.39, 0.29) is 0 Å². The molecule has 120 valence electrons. The summed E-state index contributed by atoms with van der Waals surface area (Å²) in [6, 6.07) is 0. The van der Waals surface area contributed by atoms with Crippen molar-refractivity contribution < 1.29 is 20.1 Å². The molecule has 0 amide bonds. The molecule has 0 aliphatic heterocycles. The quantitative estimate of drug-likeness (QED) is 0.316. The van der Waals surface area contributed by atoms with Gasteiger partial charge in [-0.15, -0.1) is 0 Å². The van der Waals surface area contributed by atoms with E-state index in [1.165, 1.54) is 44.9 Å². The number of aliphatic hydroxyl groups is 2. The smallest absolute Gasteiger partial charge is 0.303 e. The molecule has 0 fully saturated rings. The normalized spacial score (nSPS) is 11.2. The van der Waals surface area contributed by atoms with E-state index in [1.54, 1.807) is 0 Å². The summed E-state index contributed by atoms with van der Waals surface area (Å²) in [5.41, 5.74) is 0. The summed E-state index contributed by atoms with van der Waals surface area (Å²) in [5.74, 6) is -0.682. The van der Waals surface area contributed by atoms with Crippen LogP contribution in [0.1, 0.15) is 89.9 Å². The molecule has 0 unspecified atom stereocenters. The molecule has 0 saturated heterocycles. The summed E-state index contributed by atoms with van der Waals surface area (Å²) < 4.78 is 0. The first-order chi connectivity index (χ1) is 9.63. The van der Waals surface area contributed by atoms with E-state index in [0.717, 1.165) is 32.1 Å². The standard InChI is InChI=1S/C16H32O4/c17-15(18)13-11-9-7-5-3-1-2-4-6-8-10-12-14-16(19)20/h15,17-18H,1-14H2,(H,19,20). The fourth-order valence-electron chi connectivity index (χ4n) is 2.37. The zero-order valence-corrected chi connectivity index (χ0v) is 12.7. The molecule has 4 nitrogen and oxygen atoms in total. The van der Waals surface area contributed by atoms with Crippen LogP contribution in [0, 0.1) is 0 Å². The lowest BCUT2D eigenvalue weighted by atomic mass is 10.0. The third-order valence-corrected chi connectivity index (χ3v) is 3.60. The van der Waals surface area contributed by atoms with Crippen LogP contribution in [0.4, 0.5) is 0 Å². The van der Waals surface area contributed by atoms with Gasteiger partial charge in [-0.25, -0.2) is 0 Å². The molecule has 0 bridgehead atoms. The van der Waals surface area contributed by atoms with Gasteiger partial charge in [0.25, 0.3) is 0 Å². The van der Waals surface area contributed by atoms with Gasteiger partial charge in [0.15, 0.2) is 6.29 Å². The van der Waals surface area contributed by atoms with Gasteiger partial charge in [-0.1, -0.05) is 64.2 Å². The molecule has 0 aromatic carbocycles. The topological polar surface area (TPSA) is 77.8 Å². The van der Waals surface area contributed by atoms with Crippen LogP contribution in [0.5, 0.6) is 0 Å². The molecule has 4 heteroatoms. The second-order valence-electron chi connectivity index (χ2n) is 5.66. The van der Waals surface area contributed by atoms with Crippen LogP contribution in [0.25, 0.3) is 0 Å². The van der Waals surface area contributed by atoms with Gasteiger partial charge in [-0.05, 0) is 19.3 Å². The van der Waals surface area contributed by atoms with E-state index >= 15 is 0 Å². The Morgan fingerprint density at radius 3 is 1.35 bits per heavy atom. The molecule has 0 aliphatic rings. The van der Waals surface area contributed by atoms with Crippen molar-refractivity contribution >= 4 is 5.97 Å². The highest BCUT2D eigenvalue weighted by Gasteiger charge is 1.98. The lowest BCUT2D eigenvalue weighted by molar-refractivity contribution is -0.137. The van der Waals surface area contributed by atoms with Gasteiger partial charge in [0, 0.05) is 6.42 Å². The third-order valence-electron chi connectivity index (χ3n) is 3.60. The van der Waals surface area contributed by atoms with E-state index in [0.29, 0.717) is 12.8 Å². The Morgan fingerprint density at radius 2 is 1.00 bits per heavy atom. The summed E-state index contributed by atoms with van der Waals surface area (Å²) >= 11 is 0. The first kappa shape index (κ1) is 19.4. The SMILES string of the molecule is O=C(O)CCCCCCCCCCCCCCC(O)O. The minimum absolute atomic E-state index is 0.313. The van der Waals surface area contributed by atoms with Crippen molar-refractivity contribution in [2.75, 3.05) is 0 Å². The molecular weight excluding hydrogens is 256 g/mol. The summed E-state index contributed by atoms with van der Waals surface area (Å²) in [4.78, 5) is 10.3. The van der Waals surface area contributed by atoms with Crippen molar-refractivity contribution in [3.8, 4) is 0 Å². The van der Waals surface area contributed by atoms with Crippen LogP contribution in [0.2, 0.25) is 0 Å². The van der Waals surface area contributed by atoms with E-state index in [1.807, 2.05) is 0 Å². The Kier molecular flexibility index (Phi) is 14.3. The van der Waals surface area contributed by atoms with E-state index in [4.69, 9.17) is 15.3 Å². The average molecular weight is 288 g/mol. The maximum atomic E-state index is 10.3. The van der Waals surface area contributed by atoms with E-state index in [9.17, 15) is 4.79 Å². The molecule has 0 aromatic heterocycles. The van der Waals surface area contributed by atoms with Crippen LogP contribution in [0.15, 0.2) is 0 Å². The highest BCUT2D eigenvalue weighted by Crippen LogP contribution is 2.13. The number of carboxylic acid groups (broad SMARTS) is 1. The number of carboxylic acids is 1. The van der Waals surface area contributed by atoms with Crippen LogP contribution >= 0.6 is 0 Å². The number of aliphatic carboxylic acids is 1. The van der Waals surface area contributed by atoms with Gasteiger partial charge < -0.3 is 15.3 Å². The Balaban J connectivity index is 2.97. The van der Waals surface area contributed by atoms with Crippen LogP contribution in [-0.2, 0) is 4.79 Å². The Bertz CT molecular complexity index is 217. The zero-order chi connectivity index (χ0) is 15.1. The molecule has 0 atom stereocenters. The fourth-order valence-corrected chi connectivity index (χ4v) is 2.37. The molecule has 0 aromatic rings. The molecule has 3 N–H and O–H groups in total. The molecule has 20 heavy (non-hydrogen) atoms. The minimum Gasteiger partial charge on any atom is -0.481 e. The summed E-state index contributed by atoms with van der Waals surface area (Å²) in [6.07, 6.45) is 13.5. The van der Waals surface area contributed by atoms with Gasteiger partial charge in [-0.2, -0.15) is 0 Å². The Hall–Kier alpha value is -0.610. The summed E-state index contributed by atoms with van der Waals surface area (Å²) in [7, 11) is 0. The van der Waals surface area contributed by atoms with Crippen molar-refractivity contribution in [2.45, 2.75) is 96.2 Å². The Labute approximate surface area is 123 Å². The van der Waals surface area contributed by atoms with Crippen molar-refractivity contribution in [2.24, 2.45) is 0 Å². The highest BCUT2D eigenvalue weighted by atomic mass is 16.5. The van der Waals surface area contributed by atoms with Crippen molar-refractivity contribution in [3.63, 3.8) is 0 Å². The molecule has 0 heterocycles. The third kappa shape index (κ3) is 17.4. The average Bonchev–Trinajstić information content (AvgIpc) is 2.38. The predicted octanol–water partition coefficient (Wildman–Crippen LogP) is 3.84. The number of hydrogen-bond acceptors (Lipinski definition) is 3. The summed E-state index contributed by atoms with van der Waals surface area (Å²) in [5, 5.41) is 25.9. The second-order valence-corrected chi connectivity index (χ2v) is 5.66. The Morgan fingerprint density at radius 1 is 0.650 bits per heavy atom. The minimum atomic E-state index is -1.13. The number of hydrogen-bond donors (Lipinski definition) is 3. The monoisotopic (exact) mass is 288 g/mol. The first-order valence-corrected chi connectivity index (χ1v) is 8.21. The number of rotatable bonds is 15. The maximum Gasteiger partial charge on any atom is 0.303 e. The zero-order valence-electron chi connectivity index (χ0n) is 12.7. The van der Waals surface area contributed by atoms with Crippen LogP contribution in [0.3, 0.4) is 0 Å². The van der Waals surface area contributed by atoms with E-state index < -0.39 is 12.3 Å². The largest absolute Gasteiger partial charge is 0.481 e. The van der Waals surface area contributed by atoms with Gasteiger partial charge in [-0.3, -0.25) is 4.79 Å². The van der Waals surface area contributed by atoms with E-state index in [2.05, 4.69) is 0 Å². The summed E-state index contributed by atoms with van der Waals surface area (Å²) in [6.45, 7) is 0. The van der Waals surface area contributed by atoms with Crippen molar-refractivity contribution in [1.82, 2.24) is 0 Å². The van der Waals surface area contributed by atoms with Crippen molar-refractivity contribution in [1.29, 1.82) is 0 Å². The van der Waals surface area contributed by atoms with Gasteiger partial charge in [0.05, 0.1) is 0 Å². The number of carbonyl (C=O) groups is 1. The molecule has 0 aliphatic carbocycles. The predicted molar refractivity (Wildman–Crippen MR) is 80.5 cm³/mol. The highest BCUT2D eigenvalue weighted by molar-refractivity contribution is 5.66. The lowest BCUT2D eigenvalue weighted by Crippen LogP contribution is -2.02. The molecular formula is C16H32O4. The van der Waals surface area contributed by atoms with Gasteiger partial charge >= 0.3 is 5.97 Å². The molecule has 0 saturated carbocycles. The molecule has 0 rings (SSSR count). The van der Waals surface area contributed by atoms with Crippen LogP contribution in [-0.4, -0.2) is 27.6 Å². The first-order valence-electron chi connectivity index (χ1n) is 8.21. The van der Waals surface area contributed by atoms with Gasteiger partial charge in [0.1, 0.15) is 0 Å².